The Morgan fingerprint density at radius 2 is 1.74 bits per heavy atom. The third-order valence-electron chi connectivity index (χ3n) is 2.71. The van der Waals surface area contributed by atoms with E-state index in [0.717, 1.165) is 16.5 Å². The molecule has 1 aromatic rings. The summed E-state index contributed by atoms with van der Waals surface area (Å²) in [5.41, 5.74) is 10.6. The second-order valence-electron chi connectivity index (χ2n) is 4.49. The molecule has 0 fully saturated rings. The van der Waals surface area contributed by atoms with Gasteiger partial charge in [-0.15, -0.1) is 0 Å². The number of hydrogen-bond acceptors (Lipinski definition) is 5. The van der Waals surface area contributed by atoms with E-state index < -0.39 is 24.0 Å². The smallest absolute Gasteiger partial charge is 0.323 e. The first kappa shape index (κ1) is 21.1. The van der Waals surface area contributed by atoms with Crippen LogP contribution in [-0.2, 0) is 14.3 Å². The number of aliphatic carboxylic acids is 1. The molecular weight excluding hydrogens is 645 g/mol. The minimum atomic E-state index is -1.32. The second-order valence-corrected chi connectivity index (χ2v) is 8.06. The van der Waals surface area contributed by atoms with E-state index in [0.29, 0.717) is 0 Å². The highest BCUT2D eigenvalue weighted by Crippen LogP contribution is 2.29. The summed E-state index contributed by atoms with van der Waals surface area (Å²) in [6.45, 7) is 0.297. The van der Waals surface area contributed by atoms with E-state index in [2.05, 4.69) is 67.8 Å². The number of carboxylic acid groups (broad SMARTS) is 1. The summed E-state index contributed by atoms with van der Waals surface area (Å²) in [5.74, 6) is -1.18. The van der Waals surface area contributed by atoms with Gasteiger partial charge in [-0.2, -0.15) is 0 Å². The lowest BCUT2D eigenvalue weighted by atomic mass is 10.1. The van der Waals surface area contributed by atoms with Gasteiger partial charge in [-0.05, 0) is 79.9 Å². The molecule has 0 bridgehead atoms. The topological polar surface area (TPSA) is 125 Å². The Kier molecular flexibility index (Phi) is 9.32. The van der Waals surface area contributed by atoms with Gasteiger partial charge in [0.05, 0.1) is 26.3 Å². The van der Waals surface area contributed by atoms with E-state index in [-0.39, 0.29) is 19.6 Å². The van der Waals surface area contributed by atoms with Crippen molar-refractivity contribution >= 4 is 79.6 Å². The Balaban J connectivity index is 2.57. The van der Waals surface area contributed by atoms with Gasteiger partial charge in [-0.1, -0.05) is 0 Å². The number of primary amides is 1. The van der Waals surface area contributed by atoms with Crippen molar-refractivity contribution in [2.75, 3.05) is 13.2 Å². The van der Waals surface area contributed by atoms with Gasteiger partial charge in [0.15, 0.2) is 0 Å². The van der Waals surface area contributed by atoms with Gasteiger partial charge in [-0.25, -0.2) is 0 Å². The molecule has 23 heavy (non-hydrogen) atoms. The SMILES string of the molecule is NC(=O)CC(OCCOc1c(I)cc(I)cc1I)C(N)C(=O)O. The molecule has 7 nitrogen and oxygen atoms in total. The highest BCUT2D eigenvalue weighted by Gasteiger charge is 2.26. The predicted octanol–water partition coefficient (Wildman–Crippen LogP) is 1.55. The summed E-state index contributed by atoms with van der Waals surface area (Å²) in [6, 6.07) is 2.65. The molecule has 1 amide bonds. The quantitative estimate of drug-likeness (QED) is 0.273. The van der Waals surface area contributed by atoms with E-state index in [9.17, 15) is 9.59 Å². The van der Waals surface area contributed by atoms with Crippen molar-refractivity contribution in [3.05, 3.63) is 22.8 Å². The predicted molar refractivity (Wildman–Crippen MR) is 109 cm³/mol. The van der Waals surface area contributed by atoms with Crippen LogP contribution < -0.4 is 16.2 Å². The molecule has 2 atom stereocenters. The lowest BCUT2D eigenvalue weighted by molar-refractivity contribution is -0.143. The van der Waals surface area contributed by atoms with Crippen LogP contribution in [-0.4, -0.2) is 42.3 Å². The molecule has 0 aromatic heterocycles. The van der Waals surface area contributed by atoms with E-state index in [1.54, 1.807) is 0 Å². The van der Waals surface area contributed by atoms with Crippen molar-refractivity contribution in [1.82, 2.24) is 0 Å². The molecule has 0 saturated carbocycles. The van der Waals surface area contributed by atoms with Crippen LogP contribution in [0.25, 0.3) is 0 Å². The van der Waals surface area contributed by atoms with E-state index >= 15 is 0 Å². The minimum Gasteiger partial charge on any atom is -0.489 e. The van der Waals surface area contributed by atoms with Crippen LogP contribution in [0.2, 0.25) is 0 Å². The number of carboxylic acids is 1. The first-order valence-corrected chi connectivity index (χ1v) is 9.61. The van der Waals surface area contributed by atoms with Crippen LogP contribution in [0.1, 0.15) is 6.42 Å². The van der Waals surface area contributed by atoms with Gasteiger partial charge in [0.1, 0.15) is 18.4 Å². The molecule has 0 spiro atoms. The molecule has 5 N–H and O–H groups in total. The Bertz CT molecular complexity index is 562. The lowest BCUT2D eigenvalue weighted by Gasteiger charge is -2.20. The van der Waals surface area contributed by atoms with Crippen LogP contribution in [0.3, 0.4) is 0 Å². The maximum Gasteiger partial charge on any atom is 0.323 e. The number of carbonyl (C=O) groups is 2. The number of carbonyl (C=O) groups excluding carboxylic acids is 1. The lowest BCUT2D eigenvalue weighted by Crippen LogP contribution is -2.45. The van der Waals surface area contributed by atoms with E-state index in [1.165, 1.54) is 0 Å². The first-order valence-electron chi connectivity index (χ1n) is 6.38. The molecule has 0 aliphatic carbocycles. The van der Waals surface area contributed by atoms with Crippen LogP contribution in [0.15, 0.2) is 12.1 Å². The first-order chi connectivity index (χ1) is 10.7. The standard InChI is InChI=1S/C13H15I3N2O5/c14-6-3-7(15)12(8(16)4-6)23-2-1-22-9(5-10(17)19)11(18)13(20)21/h3-4,9,11H,1-2,5,18H2,(H2,17,19)(H,20,21). The largest absolute Gasteiger partial charge is 0.489 e. The number of hydrogen-bond donors (Lipinski definition) is 3. The highest BCUT2D eigenvalue weighted by molar-refractivity contribution is 14.1. The zero-order valence-electron chi connectivity index (χ0n) is 11.8. The van der Waals surface area contributed by atoms with E-state index in [1.807, 2.05) is 12.1 Å². The van der Waals surface area contributed by atoms with Crippen molar-refractivity contribution in [2.24, 2.45) is 11.5 Å². The van der Waals surface area contributed by atoms with Crippen molar-refractivity contribution < 1.29 is 24.2 Å². The normalized spacial score (nSPS) is 13.4. The monoisotopic (exact) mass is 660 g/mol. The van der Waals surface area contributed by atoms with Gasteiger partial charge >= 0.3 is 5.97 Å². The summed E-state index contributed by atoms with van der Waals surface area (Å²) in [5, 5.41) is 8.91. The van der Waals surface area contributed by atoms with Crippen molar-refractivity contribution in [3.63, 3.8) is 0 Å². The molecule has 10 heteroatoms. The van der Waals surface area contributed by atoms with Gasteiger partial charge in [0.2, 0.25) is 5.91 Å². The van der Waals surface area contributed by atoms with Crippen LogP contribution in [0, 0.1) is 10.7 Å². The maximum atomic E-state index is 11.0. The fourth-order valence-electron chi connectivity index (χ4n) is 1.66. The summed E-state index contributed by atoms with van der Waals surface area (Å²) in [6.07, 6.45) is -1.24. The Morgan fingerprint density at radius 3 is 2.22 bits per heavy atom. The van der Waals surface area contributed by atoms with Gasteiger partial charge in [-0.3, -0.25) is 9.59 Å². The molecule has 128 valence electrons. The fourth-order valence-corrected chi connectivity index (χ4v) is 5.55. The Labute approximate surface area is 174 Å². The summed E-state index contributed by atoms with van der Waals surface area (Å²) >= 11 is 6.58. The average Bonchev–Trinajstić information content (AvgIpc) is 2.42. The second kappa shape index (κ2) is 10.1. The average molecular weight is 660 g/mol. The summed E-state index contributed by atoms with van der Waals surface area (Å²) < 4.78 is 14.1. The third-order valence-corrected chi connectivity index (χ3v) is 4.94. The zero-order valence-corrected chi connectivity index (χ0v) is 18.3. The highest BCUT2D eigenvalue weighted by atomic mass is 127. The number of halogens is 3. The van der Waals surface area contributed by atoms with Crippen molar-refractivity contribution in [1.29, 1.82) is 0 Å². The summed E-state index contributed by atoms with van der Waals surface area (Å²) in [7, 11) is 0. The number of ether oxygens (including phenoxy) is 2. The van der Waals surface area contributed by atoms with Crippen LogP contribution in [0.5, 0.6) is 5.75 Å². The Morgan fingerprint density at radius 1 is 1.17 bits per heavy atom. The molecule has 0 saturated heterocycles. The molecule has 1 aromatic carbocycles. The molecule has 2 unspecified atom stereocenters. The van der Waals surface area contributed by atoms with Crippen LogP contribution >= 0.6 is 67.8 Å². The van der Waals surface area contributed by atoms with Gasteiger partial charge in [0, 0.05) is 3.57 Å². The number of rotatable bonds is 9. The molecule has 0 radical (unpaired) electrons. The minimum absolute atomic E-state index is 0.0943. The number of nitrogens with two attached hydrogens (primary N) is 2. The van der Waals surface area contributed by atoms with Gasteiger partial charge < -0.3 is 26.0 Å². The maximum absolute atomic E-state index is 11.0. The van der Waals surface area contributed by atoms with Crippen molar-refractivity contribution in [3.8, 4) is 5.75 Å². The summed E-state index contributed by atoms with van der Waals surface area (Å²) in [4.78, 5) is 21.9. The van der Waals surface area contributed by atoms with Crippen molar-refractivity contribution in [2.45, 2.75) is 18.6 Å². The molecule has 0 heterocycles. The van der Waals surface area contributed by atoms with Gasteiger partial charge in [0.25, 0.3) is 0 Å². The molecular formula is C13H15I3N2O5. The zero-order chi connectivity index (χ0) is 17.6. The molecule has 0 aliphatic rings. The molecule has 1 rings (SSSR count). The third kappa shape index (κ3) is 7.23. The number of amides is 1. The molecule has 0 aliphatic heterocycles. The van der Waals surface area contributed by atoms with E-state index in [4.69, 9.17) is 26.0 Å². The number of benzene rings is 1. The van der Waals surface area contributed by atoms with Crippen LogP contribution in [0.4, 0.5) is 0 Å². The Hall–Kier alpha value is 0.0700. The fraction of sp³-hybridized carbons (Fsp3) is 0.385.